The van der Waals surface area contributed by atoms with E-state index in [0.717, 1.165) is 25.2 Å². The number of hydrogen-bond donors (Lipinski definition) is 2. The van der Waals surface area contributed by atoms with Crippen molar-refractivity contribution >= 4 is 15.8 Å². The normalized spacial score (nSPS) is 22.9. The Hall–Kier alpha value is -1.18. The number of nitrogens with zero attached hydrogens (tertiary/aromatic N) is 2. The van der Waals surface area contributed by atoms with Crippen molar-refractivity contribution in [1.82, 2.24) is 4.98 Å². The van der Waals surface area contributed by atoms with E-state index in [4.69, 9.17) is 10.9 Å². The molecule has 0 radical (unpaired) electrons. The van der Waals surface area contributed by atoms with Gasteiger partial charge >= 0.3 is 0 Å². The van der Waals surface area contributed by atoms with Crippen molar-refractivity contribution in [2.24, 2.45) is 16.8 Å². The molecule has 20 heavy (non-hydrogen) atoms. The van der Waals surface area contributed by atoms with Crippen LogP contribution in [-0.2, 0) is 10.0 Å². The van der Waals surface area contributed by atoms with E-state index in [1.165, 1.54) is 18.7 Å². The number of primary sulfonamides is 1. The monoisotopic (exact) mass is 298 g/mol. The summed E-state index contributed by atoms with van der Waals surface area (Å²) < 4.78 is 22.5. The Morgan fingerprint density at radius 1 is 1.40 bits per heavy atom. The molecule has 2 atom stereocenters. The van der Waals surface area contributed by atoms with Crippen LogP contribution in [0.15, 0.2) is 23.2 Å². The molecule has 4 N–H and O–H groups in total. The maximum absolute atomic E-state index is 11.2. The number of pyridine rings is 1. The molecule has 1 aromatic heterocycles. The molecule has 7 heteroatoms. The van der Waals surface area contributed by atoms with Gasteiger partial charge in [-0.15, -0.1) is 0 Å². The van der Waals surface area contributed by atoms with Gasteiger partial charge in [-0.1, -0.05) is 6.42 Å². The predicted octanol–water partition coefficient (Wildman–Crippen LogP) is 0.683. The Labute approximate surface area is 120 Å². The van der Waals surface area contributed by atoms with Gasteiger partial charge in [0.25, 0.3) is 0 Å². The van der Waals surface area contributed by atoms with E-state index in [9.17, 15) is 8.42 Å². The van der Waals surface area contributed by atoms with Crippen LogP contribution < -0.4 is 15.8 Å². The second-order valence-electron chi connectivity index (χ2n) is 5.18. The van der Waals surface area contributed by atoms with Gasteiger partial charge in [0.1, 0.15) is 10.7 Å². The minimum absolute atomic E-state index is 0.0408. The molecule has 112 valence electrons. The molecule has 2 unspecified atom stereocenters. The van der Waals surface area contributed by atoms with Crippen LogP contribution in [0, 0.1) is 5.92 Å². The van der Waals surface area contributed by atoms with Crippen LogP contribution in [0.4, 0.5) is 5.82 Å². The van der Waals surface area contributed by atoms with E-state index < -0.39 is 10.0 Å². The maximum atomic E-state index is 11.2. The van der Waals surface area contributed by atoms with Gasteiger partial charge in [0.15, 0.2) is 0 Å². The molecule has 0 bridgehead atoms. The summed E-state index contributed by atoms with van der Waals surface area (Å²) in [6, 6.07) is 3.61. The fourth-order valence-corrected chi connectivity index (χ4v) is 3.44. The molecule has 1 fully saturated rings. The Bertz CT molecular complexity index is 544. The lowest BCUT2D eigenvalue weighted by Crippen LogP contribution is -2.40. The summed E-state index contributed by atoms with van der Waals surface area (Å²) in [6.45, 7) is 3.57. The molecular formula is C13H22N4O2S. The molecule has 2 rings (SSSR count). The van der Waals surface area contributed by atoms with Crippen LogP contribution in [0.5, 0.6) is 0 Å². The minimum Gasteiger partial charge on any atom is -0.354 e. The van der Waals surface area contributed by atoms with Crippen molar-refractivity contribution in [2.75, 3.05) is 18.0 Å². The van der Waals surface area contributed by atoms with E-state index in [1.807, 2.05) is 0 Å². The van der Waals surface area contributed by atoms with Crippen LogP contribution in [-0.4, -0.2) is 32.5 Å². The summed E-state index contributed by atoms with van der Waals surface area (Å²) in [5.74, 6) is 1.26. The third-order valence-electron chi connectivity index (χ3n) is 4.01. The van der Waals surface area contributed by atoms with E-state index in [2.05, 4.69) is 16.8 Å². The molecule has 0 aromatic carbocycles. The molecule has 0 spiro atoms. The summed E-state index contributed by atoms with van der Waals surface area (Å²) >= 11 is 0. The van der Waals surface area contributed by atoms with E-state index in [-0.39, 0.29) is 4.90 Å². The van der Waals surface area contributed by atoms with Crippen molar-refractivity contribution in [2.45, 2.75) is 37.1 Å². The van der Waals surface area contributed by atoms with Gasteiger partial charge in [0, 0.05) is 18.8 Å². The summed E-state index contributed by atoms with van der Waals surface area (Å²) in [4.78, 5) is 6.50. The smallest absolute Gasteiger partial charge is 0.239 e. The average Bonchev–Trinajstić information content (AvgIpc) is 2.87. The van der Waals surface area contributed by atoms with Gasteiger partial charge in [-0.2, -0.15) is 0 Å². The fraction of sp³-hybridized carbons (Fsp3) is 0.615. The Balaban J connectivity index is 2.24. The van der Waals surface area contributed by atoms with E-state index in [0.29, 0.717) is 18.5 Å². The molecular weight excluding hydrogens is 276 g/mol. The highest BCUT2D eigenvalue weighted by Gasteiger charge is 2.31. The largest absolute Gasteiger partial charge is 0.354 e. The molecule has 1 heterocycles. The van der Waals surface area contributed by atoms with Gasteiger partial charge in [0.2, 0.25) is 10.0 Å². The highest BCUT2D eigenvalue weighted by atomic mass is 32.2. The molecule has 1 aromatic rings. The summed E-state index contributed by atoms with van der Waals surface area (Å²) in [7, 11) is -3.69. The van der Waals surface area contributed by atoms with Crippen molar-refractivity contribution in [3.63, 3.8) is 0 Å². The third kappa shape index (κ3) is 3.11. The lowest BCUT2D eigenvalue weighted by atomic mass is 10.0. The molecule has 0 amide bonds. The SMILES string of the molecule is CCN(c1ccc(S(N)(=O)=O)cn1)C1CCCC1CN. The van der Waals surface area contributed by atoms with Gasteiger partial charge in [-0.05, 0) is 44.4 Å². The van der Waals surface area contributed by atoms with Crippen molar-refractivity contribution in [1.29, 1.82) is 0 Å². The van der Waals surface area contributed by atoms with Crippen LogP contribution in [0.3, 0.4) is 0 Å². The summed E-state index contributed by atoms with van der Waals surface area (Å²) in [6.07, 6.45) is 4.75. The number of nitrogens with two attached hydrogens (primary N) is 2. The zero-order valence-electron chi connectivity index (χ0n) is 11.7. The first-order valence-electron chi connectivity index (χ1n) is 6.93. The van der Waals surface area contributed by atoms with Crippen LogP contribution in [0.25, 0.3) is 0 Å². The third-order valence-corrected chi connectivity index (χ3v) is 4.90. The number of anilines is 1. The van der Waals surface area contributed by atoms with Gasteiger partial charge in [-0.25, -0.2) is 18.5 Å². The van der Waals surface area contributed by atoms with Crippen LogP contribution >= 0.6 is 0 Å². The van der Waals surface area contributed by atoms with Crippen molar-refractivity contribution in [3.05, 3.63) is 18.3 Å². The lowest BCUT2D eigenvalue weighted by Gasteiger charge is -2.32. The standard InChI is InChI=1S/C13H22N4O2S/c1-2-17(12-5-3-4-10(12)8-14)13-7-6-11(9-16-13)20(15,18)19/h6-7,9-10,12H,2-5,8,14H2,1H3,(H2,15,18,19). The predicted molar refractivity (Wildman–Crippen MR) is 78.8 cm³/mol. The second-order valence-corrected chi connectivity index (χ2v) is 6.74. The first kappa shape index (κ1) is 15.2. The van der Waals surface area contributed by atoms with Gasteiger partial charge in [0.05, 0.1) is 0 Å². The molecule has 6 nitrogen and oxygen atoms in total. The maximum Gasteiger partial charge on any atom is 0.239 e. The number of rotatable bonds is 5. The van der Waals surface area contributed by atoms with Gasteiger partial charge < -0.3 is 10.6 Å². The average molecular weight is 298 g/mol. The second kappa shape index (κ2) is 6.07. The molecule has 1 saturated carbocycles. The molecule has 1 aliphatic rings. The summed E-state index contributed by atoms with van der Waals surface area (Å²) in [5.41, 5.74) is 5.83. The molecule has 1 aliphatic carbocycles. The highest BCUT2D eigenvalue weighted by Crippen LogP contribution is 2.31. The lowest BCUT2D eigenvalue weighted by molar-refractivity contribution is 0.459. The highest BCUT2D eigenvalue weighted by molar-refractivity contribution is 7.89. The van der Waals surface area contributed by atoms with Crippen molar-refractivity contribution in [3.8, 4) is 0 Å². The molecule has 0 aliphatic heterocycles. The van der Waals surface area contributed by atoms with E-state index in [1.54, 1.807) is 6.07 Å². The fourth-order valence-electron chi connectivity index (χ4n) is 2.98. The Kier molecular flexibility index (Phi) is 4.62. The Morgan fingerprint density at radius 3 is 2.65 bits per heavy atom. The first-order chi connectivity index (χ1) is 9.47. The zero-order chi connectivity index (χ0) is 14.8. The Morgan fingerprint density at radius 2 is 2.15 bits per heavy atom. The number of sulfonamides is 1. The number of hydrogen-bond acceptors (Lipinski definition) is 5. The zero-order valence-corrected chi connectivity index (χ0v) is 12.5. The molecule has 0 saturated heterocycles. The van der Waals surface area contributed by atoms with E-state index >= 15 is 0 Å². The van der Waals surface area contributed by atoms with Gasteiger partial charge in [-0.3, -0.25) is 0 Å². The first-order valence-corrected chi connectivity index (χ1v) is 8.47. The minimum atomic E-state index is -3.69. The topological polar surface area (TPSA) is 102 Å². The number of aromatic nitrogens is 1. The quantitative estimate of drug-likeness (QED) is 0.832. The summed E-state index contributed by atoms with van der Waals surface area (Å²) in [5, 5.41) is 5.08. The van der Waals surface area contributed by atoms with Crippen LogP contribution in [0.1, 0.15) is 26.2 Å². The van der Waals surface area contributed by atoms with Crippen LogP contribution in [0.2, 0.25) is 0 Å². The van der Waals surface area contributed by atoms with Crippen molar-refractivity contribution < 1.29 is 8.42 Å².